The second kappa shape index (κ2) is 6.05. The molecule has 0 atom stereocenters. The molecule has 0 aliphatic rings. The average molecular weight is 310 g/mol. The summed E-state index contributed by atoms with van der Waals surface area (Å²) in [6.07, 6.45) is 0. The highest BCUT2D eigenvalue weighted by molar-refractivity contribution is 6.30. The largest absolute Gasteiger partial charge is 0.488 e. The molecule has 2 N–H and O–H groups in total. The van der Waals surface area contributed by atoms with Gasteiger partial charge >= 0.3 is 5.97 Å². The van der Waals surface area contributed by atoms with Crippen molar-refractivity contribution in [2.24, 2.45) is 7.05 Å². The standard InChI is InChI=1S/C14H16ClN3O3/c1-8-11(13(15)18(2)17-8)7-21-12-6-9(16)4-5-10(12)14(19)20-3/h4-6H,7,16H2,1-3H3. The van der Waals surface area contributed by atoms with Gasteiger partial charge in [-0.3, -0.25) is 4.68 Å². The van der Waals surface area contributed by atoms with Gasteiger partial charge in [0.25, 0.3) is 0 Å². The van der Waals surface area contributed by atoms with E-state index in [0.29, 0.717) is 22.2 Å². The van der Waals surface area contributed by atoms with Crippen molar-refractivity contribution in [2.75, 3.05) is 12.8 Å². The van der Waals surface area contributed by atoms with E-state index in [-0.39, 0.29) is 6.61 Å². The molecule has 7 heteroatoms. The molecule has 1 heterocycles. The predicted octanol–water partition coefficient (Wildman–Crippen LogP) is 2.33. The first-order valence-electron chi connectivity index (χ1n) is 6.22. The summed E-state index contributed by atoms with van der Waals surface area (Å²) in [4.78, 5) is 11.7. The van der Waals surface area contributed by atoms with Crippen molar-refractivity contribution in [1.82, 2.24) is 9.78 Å². The number of esters is 1. The number of halogens is 1. The van der Waals surface area contributed by atoms with Gasteiger partial charge in [0.2, 0.25) is 0 Å². The van der Waals surface area contributed by atoms with E-state index in [4.69, 9.17) is 26.8 Å². The fourth-order valence-electron chi connectivity index (χ4n) is 1.92. The van der Waals surface area contributed by atoms with Crippen LogP contribution in [-0.2, 0) is 18.4 Å². The summed E-state index contributed by atoms with van der Waals surface area (Å²) in [5.74, 6) is -0.139. The van der Waals surface area contributed by atoms with Crippen LogP contribution in [0.5, 0.6) is 5.75 Å². The lowest BCUT2D eigenvalue weighted by Crippen LogP contribution is -2.07. The number of aromatic nitrogens is 2. The zero-order valence-corrected chi connectivity index (χ0v) is 12.8. The number of methoxy groups -OCH3 is 1. The van der Waals surface area contributed by atoms with Gasteiger partial charge in [-0.1, -0.05) is 11.6 Å². The molecular weight excluding hydrogens is 294 g/mol. The molecule has 6 nitrogen and oxygen atoms in total. The Hall–Kier alpha value is -2.21. The number of rotatable bonds is 4. The third-order valence-electron chi connectivity index (χ3n) is 3.05. The molecule has 0 bridgehead atoms. The van der Waals surface area contributed by atoms with Gasteiger partial charge in [0.1, 0.15) is 23.1 Å². The van der Waals surface area contributed by atoms with Crippen molar-refractivity contribution in [1.29, 1.82) is 0 Å². The van der Waals surface area contributed by atoms with Crippen LogP contribution in [0, 0.1) is 6.92 Å². The van der Waals surface area contributed by atoms with Crippen LogP contribution in [0.2, 0.25) is 5.15 Å². The molecule has 2 rings (SSSR count). The second-order valence-electron chi connectivity index (χ2n) is 4.51. The van der Waals surface area contributed by atoms with E-state index in [1.165, 1.54) is 7.11 Å². The van der Waals surface area contributed by atoms with Crippen molar-refractivity contribution in [3.8, 4) is 5.75 Å². The Morgan fingerprint density at radius 2 is 2.19 bits per heavy atom. The molecule has 0 saturated carbocycles. The molecule has 0 radical (unpaired) electrons. The van der Waals surface area contributed by atoms with Crippen LogP contribution in [0.4, 0.5) is 5.69 Å². The van der Waals surface area contributed by atoms with E-state index < -0.39 is 5.97 Å². The highest BCUT2D eigenvalue weighted by atomic mass is 35.5. The highest BCUT2D eigenvalue weighted by Gasteiger charge is 2.16. The van der Waals surface area contributed by atoms with Gasteiger partial charge in [0.05, 0.1) is 12.8 Å². The van der Waals surface area contributed by atoms with E-state index in [1.54, 1.807) is 29.9 Å². The molecule has 2 aromatic rings. The molecule has 1 aromatic carbocycles. The molecular formula is C14H16ClN3O3. The third-order valence-corrected chi connectivity index (χ3v) is 3.53. The average Bonchev–Trinajstić information content (AvgIpc) is 2.69. The Morgan fingerprint density at radius 3 is 2.76 bits per heavy atom. The normalized spacial score (nSPS) is 10.5. The Labute approximate surface area is 127 Å². The SMILES string of the molecule is COC(=O)c1ccc(N)cc1OCc1c(C)nn(C)c1Cl. The molecule has 0 aliphatic carbocycles. The summed E-state index contributed by atoms with van der Waals surface area (Å²) in [6, 6.07) is 4.75. The summed E-state index contributed by atoms with van der Waals surface area (Å²) in [7, 11) is 3.06. The minimum absolute atomic E-state index is 0.186. The predicted molar refractivity (Wildman–Crippen MR) is 79.5 cm³/mol. The smallest absolute Gasteiger partial charge is 0.341 e. The number of hydrogen-bond donors (Lipinski definition) is 1. The number of aryl methyl sites for hydroxylation is 2. The molecule has 0 spiro atoms. The quantitative estimate of drug-likeness (QED) is 0.692. The number of nitrogens with zero attached hydrogens (tertiary/aromatic N) is 2. The lowest BCUT2D eigenvalue weighted by molar-refractivity contribution is 0.0595. The van der Waals surface area contributed by atoms with Crippen LogP contribution in [0.25, 0.3) is 0 Å². The molecule has 0 fully saturated rings. The van der Waals surface area contributed by atoms with Gasteiger partial charge in [0.15, 0.2) is 0 Å². The van der Waals surface area contributed by atoms with Crippen LogP contribution < -0.4 is 10.5 Å². The van der Waals surface area contributed by atoms with Gasteiger partial charge < -0.3 is 15.2 Å². The number of nitrogens with two attached hydrogens (primary N) is 1. The highest BCUT2D eigenvalue weighted by Crippen LogP contribution is 2.26. The van der Waals surface area contributed by atoms with Crippen molar-refractivity contribution < 1.29 is 14.3 Å². The lowest BCUT2D eigenvalue weighted by Gasteiger charge is -2.11. The van der Waals surface area contributed by atoms with Gasteiger partial charge in [0, 0.05) is 24.4 Å². The Balaban J connectivity index is 2.27. The van der Waals surface area contributed by atoms with E-state index in [0.717, 1.165) is 11.3 Å². The van der Waals surface area contributed by atoms with E-state index >= 15 is 0 Å². The number of nitrogen functional groups attached to an aromatic ring is 1. The summed E-state index contributed by atoms with van der Waals surface area (Å²) >= 11 is 6.15. The summed E-state index contributed by atoms with van der Waals surface area (Å²) in [5.41, 5.74) is 8.06. The number of anilines is 1. The Bertz CT molecular complexity index is 682. The van der Waals surface area contributed by atoms with Gasteiger partial charge in [-0.15, -0.1) is 0 Å². The third kappa shape index (κ3) is 3.11. The fraction of sp³-hybridized carbons (Fsp3) is 0.286. The maximum absolute atomic E-state index is 11.7. The first-order valence-corrected chi connectivity index (χ1v) is 6.60. The van der Waals surface area contributed by atoms with Crippen molar-refractivity contribution in [3.63, 3.8) is 0 Å². The minimum Gasteiger partial charge on any atom is -0.488 e. The maximum Gasteiger partial charge on any atom is 0.341 e. The lowest BCUT2D eigenvalue weighted by atomic mass is 10.2. The summed E-state index contributed by atoms with van der Waals surface area (Å²) in [5, 5.41) is 4.70. The molecule has 0 unspecified atom stereocenters. The van der Waals surface area contributed by atoms with Crippen LogP contribution in [0.3, 0.4) is 0 Å². The number of hydrogen-bond acceptors (Lipinski definition) is 5. The van der Waals surface area contributed by atoms with E-state index in [9.17, 15) is 4.79 Å². The number of benzene rings is 1. The van der Waals surface area contributed by atoms with Crippen LogP contribution in [0.15, 0.2) is 18.2 Å². The molecule has 0 amide bonds. The first kappa shape index (κ1) is 15.2. The summed E-state index contributed by atoms with van der Waals surface area (Å²) < 4.78 is 12.0. The zero-order chi connectivity index (χ0) is 15.6. The van der Waals surface area contributed by atoms with Crippen molar-refractivity contribution in [2.45, 2.75) is 13.5 Å². The van der Waals surface area contributed by atoms with Crippen LogP contribution in [-0.4, -0.2) is 22.9 Å². The zero-order valence-electron chi connectivity index (χ0n) is 12.0. The van der Waals surface area contributed by atoms with Crippen LogP contribution >= 0.6 is 11.6 Å². The van der Waals surface area contributed by atoms with E-state index in [2.05, 4.69) is 5.10 Å². The van der Waals surface area contributed by atoms with E-state index in [1.807, 2.05) is 6.92 Å². The Kier molecular flexibility index (Phi) is 4.37. The fourth-order valence-corrected chi connectivity index (χ4v) is 2.15. The van der Waals surface area contributed by atoms with Gasteiger partial charge in [-0.05, 0) is 19.1 Å². The van der Waals surface area contributed by atoms with Crippen LogP contribution in [0.1, 0.15) is 21.6 Å². The van der Waals surface area contributed by atoms with Crippen molar-refractivity contribution >= 4 is 23.3 Å². The topological polar surface area (TPSA) is 79.4 Å². The second-order valence-corrected chi connectivity index (χ2v) is 4.87. The van der Waals surface area contributed by atoms with Gasteiger partial charge in [-0.2, -0.15) is 5.10 Å². The first-order chi connectivity index (χ1) is 9.93. The van der Waals surface area contributed by atoms with Crippen molar-refractivity contribution in [3.05, 3.63) is 40.2 Å². The number of carbonyl (C=O) groups excluding carboxylic acids is 1. The molecule has 0 saturated heterocycles. The number of ether oxygens (including phenoxy) is 2. The Morgan fingerprint density at radius 1 is 1.48 bits per heavy atom. The molecule has 1 aromatic heterocycles. The number of carbonyl (C=O) groups is 1. The summed E-state index contributed by atoms with van der Waals surface area (Å²) in [6.45, 7) is 2.02. The monoisotopic (exact) mass is 309 g/mol. The molecule has 0 aliphatic heterocycles. The minimum atomic E-state index is -0.487. The molecule has 21 heavy (non-hydrogen) atoms. The maximum atomic E-state index is 11.7. The molecule has 112 valence electrons. The van der Waals surface area contributed by atoms with Gasteiger partial charge in [-0.25, -0.2) is 4.79 Å².